The van der Waals surface area contributed by atoms with E-state index in [1.165, 1.54) is 66.8 Å². The number of halogens is 1. The van der Waals surface area contributed by atoms with Crippen LogP contribution in [0.2, 0.25) is 36.3 Å². The zero-order chi connectivity index (χ0) is 42.1. The predicted octanol–water partition coefficient (Wildman–Crippen LogP) is 15.5. The third-order valence-electron chi connectivity index (χ3n) is 12.2. The molecule has 1 aromatic heterocycles. The maximum atomic E-state index is 7.16. The average Bonchev–Trinajstić information content (AvgIpc) is 3.56. The molecule has 0 N–H and O–H groups in total. The lowest BCUT2D eigenvalue weighted by Crippen LogP contribution is -2.44. The van der Waals surface area contributed by atoms with Crippen molar-refractivity contribution in [2.75, 3.05) is 31.8 Å². The maximum absolute atomic E-state index is 7.16. The summed E-state index contributed by atoms with van der Waals surface area (Å²) in [6, 6.07) is 0. The number of allylic oxidation sites excluding steroid dienone is 4. The Bertz CT molecular complexity index is 1310. The summed E-state index contributed by atoms with van der Waals surface area (Å²) >= 11 is 2.39. The van der Waals surface area contributed by atoms with Crippen LogP contribution in [0.1, 0.15) is 146 Å². The van der Waals surface area contributed by atoms with Crippen LogP contribution < -0.4 is 0 Å². The summed E-state index contributed by atoms with van der Waals surface area (Å²) in [4.78, 5) is 4.92. The molecule has 0 aliphatic rings. The Hall–Kier alpha value is -0.356. The highest BCUT2D eigenvalue weighted by molar-refractivity contribution is 14.1. The van der Waals surface area contributed by atoms with Crippen molar-refractivity contribution in [1.29, 1.82) is 0 Å². The van der Waals surface area contributed by atoms with Crippen molar-refractivity contribution < 1.29 is 18.0 Å². The van der Waals surface area contributed by atoms with Crippen LogP contribution in [0.15, 0.2) is 50.7 Å². The van der Waals surface area contributed by atoms with Crippen molar-refractivity contribution in [3.05, 3.63) is 57.9 Å². The maximum Gasteiger partial charge on any atom is 0.199 e. The second kappa shape index (κ2) is 24.7. The van der Waals surface area contributed by atoms with E-state index in [-0.39, 0.29) is 40.2 Å². The molecule has 9 heteroatoms. The molecule has 1 heterocycles. The van der Waals surface area contributed by atoms with E-state index >= 15 is 0 Å². The van der Waals surface area contributed by atoms with Gasteiger partial charge in [-0.2, -0.15) is 0 Å². The van der Waals surface area contributed by atoms with Gasteiger partial charge in [0.15, 0.2) is 22.5 Å². The fourth-order valence-corrected chi connectivity index (χ4v) is 14.3. The summed E-state index contributed by atoms with van der Waals surface area (Å²) in [7, 11) is -3.22. The van der Waals surface area contributed by atoms with Crippen molar-refractivity contribution in [2.45, 2.75) is 189 Å². The average molecular weight is 931 g/mol. The summed E-state index contributed by atoms with van der Waals surface area (Å²) < 4.78 is 27.6. The Kier molecular flexibility index (Phi) is 23.6. The van der Waals surface area contributed by atoms with Gasteiger partial charge in [0.1, 0.15) is 12.0 Å². The van der Waals surface area contributed by atoms with Gasteiger partial charge in [-0.15, -0.1) is 0 Å². The second-order valence-electron chi connectivity index (χ2n) is 19.2. The number of methoxy groups -OCH3 is 1. The number of hydrogen-bond donors (Lipinski definition) is 0. The number of nitrogens with zero attached hydrogens (tertiary/aromatic N) is 1. The van der Waals surface area contributed by atoms with Crippen molar-refractivity contribution in [3.8, 4) is 0 Å². The summed E-state index contributed by atoms with van der Waals surface area (Å²) in [6.45, 7) is 36.8. The van der Waals surface area contributed by atoms with E-state index in [9.17, 15) is 0 Å². The molecule has 0 aliphatic heterocycles. The normalized spacial score (nSPS) is 17.1. The first-order chi connectivity index (χ1) is 25.5. The van der Waals surface area contributed by atoms with Gasteiger partial charge in [0.2, 0.25) is 0 Å². The molecule has 0 radical (unpaired) electrons. The van der Waals surface area contributed by atoms with Gasteiger partial charge in [0.25, 0.3) is 0 Å². The molecule has 0 amide bonds. The van der Waals surface area contributed by atoms with Crippen LogP contribution in [0, 0.1) is 5.92 Å². The van der Waals surface area contributed by atoms with E-state index in [1.54, 1.807) is 6.26 Å². The fourth-order valence-electron chi connectivity index (χ4n) is 6.35. The Morgan fingerprint density at radius 3 is 1.85 bits per heavy atom. The van der Waals surface area contributed by atoms with Gasteiger partial charge in [-0.3, -0.25) is 0 Å². The fraction of sp³-hybridized carbons (Fsp3) is 0.761. The molecule has 0 saturated carbocycles. The molecule has 5 atom stereocenters. The van der Waals surface area contributed by atoms with Crippen molar-refractivity contribution in [3.63, 3.8) is 0 Å². The van der Waals surface area contributed by atoms with Crippen molar-refractivity contribution in [1.82, 2.24) is 4.98 Å². The smallest absolute Gasteiger partial charge is 0.199 e. The van der Waals surface area contributed by atoms with Gasteiger partial charge < -0.3 is 18.0 Å². The molecule has 5 nitrogen and oxygen atoms in total. The Morgan fingerprint density at radius 1 is 0.855 bits per heavy atom. The van der Waals surface area contributed by atoms with E-state index in [4.69, 9.17) is 23.0 Å². The van der Waals surface area contributed by atoms with Gasteiger partial charge >= 0.3 is 0 Å². The van der Waals surface area contributed by atoms with Crippen LogP contribution in [-0.2, 0) is 13.6 Å². The van der Waals surface area contributed by atoms with E-state index in [0.29, 0.717) is 5.89 Å². The highest BCUT2D eigenvalue weighted by Crippen LogP contribution is 2.60. The molecule has 0 aromatic carbocycles. The number of ether oxygens (including phenoxy) is 1. The Morgan fingerprint density at radius 2 is 1.38 bits per heavy atom. The summed E-state index contributed by atoms with van der Waals surface area (Å²) in [5, 5.41) is 0.258. The standard InChI is InChI=1S/C46H86INO4PSi2/c1-18-21-30-53(31-22-19-2,32-23-20-3)33-26-28-41(51-54(14,15)45(7,8)9)35-43(49-13)39(6)44-48-40(36-50-44)27-24-25-29-42(37(4)34-38(5)47)52-55(16,17)46(10,11)12/h24-29,34,36-37,39,41-43H,18-23,30-33,35H2,1-17H3/q+1/b27-24+,28-26+,29-25-,38-34+/t37-,39-,41+,42+,43-/m1/s1. The second-order valence-corrected chi connectivity index (χ2v) is 34.8. The molecule has 0 unspecified atom stereocenters. The lowest BCUT2D eigenvalue weighted by molar-refractivity contribution is 0.0416. The number of oxazole rings is 1. The van der Waals surface area contributed by atoms with Crippen LogP contribution >= 0.6 is 29.9 Å². The molecular formula is C46H86INO4PSi2+. The zero-order valence-corrected chi connectivity index (χ0v) is 43.7. The van der Waals surface area contributed by atoms with Gasteiger partial charge in [0, 0.05) is 26.7 Å². The molecule has 0 fully saturated rings. The first-order valence-electron chi connectivity index (χ1n) is 21.5. The van der Waals surface area contributed by atoms with E-state index < -0.39 is 23.9 Å². The summed E-state index contributed by atoms with van der Waals surface area (Å²) in [5.41, 5.74) is 0.805. The van der Waals surface area contributed by atoms with Crippen LogP contribution in [0.5, 0.6) is 0 Å². The molecule has 0 spiro atoms. The van der Waals surface area contributed by atoms with Crippen molar-refractivity contribution >= 4 is 52.6 Å². The molecule has 1 aromatic rings. The first kappa shape index (κ1) is 52.7. The van der Waals surface area contributed by atoms with Crippen LogP contribution in [0.25, 0.3) is 6.08 Å². The van der Waals surface area contributed by atoms with Crippen molar-refractivity contribution in [2.24, 2.45) is 5.92 Å². The molecule has 0 aliphatic carbocycles. The monoisotopic (exact) mass is 930 g/mol. The zero-order valence-electron chi connectivity index (χ0n) is 38.7. The van der Waals surface area contributed by atoms with Gasteiger partial charge in [-0.25, -0.2) is 4.98 Å². The Balaban J connectivity index is 3.31. The van der Waals surface area contributed by atoms with Crippen LogP contribution in [0.3, 0.4) is 0 Å². The van der Waals surface area contributed by atoms with E-state index in [1.807, 2.05) is 19.3 Å². The van der Waals surface area contributed by atoms with Gasteiger partial charge in [-0.05, 0) is 101 Å². The first-order valence-corrected chi connectivity index (χ1v) is 30.9. The predicted molar refractivity (Wildman–Crippen MR) is 260 cm³/mol. The Labute approximate surface area is 357 Å². The summed E-state index contributed by atoms with van der Waals surface area (Å²) in [5.74, 6) is 0.941. The lowest BCUT2D eigenvalue weighted by Gasteiger charge is -2.39. The largest absolute Gasteiger partial charge is 0.448 e. The molecule has 55 heavy (non-hydrogen) atoms. The number of unbranched alkanes of at least 4 members (excludes halogenated alkanes) is 3. The molecule has 0 saturated heterocycles. The van der Waals surface area contributed by atoms with Gasteiger partial charge in [0.05, 0.1) is 48.9 Å². The van der Waals surface area contributed by atoms with Crippen LogP contribution in [-0.4, -0.2) is 71.7 Å². The van der Waals surface area contributed by atoms with E-state index in [2.05, 4.69) is 162 Å². The molecular weight excluding hydrogens is 845 g/mol. The lowest BCUT2D eigenvalue weighted by atomic mass is 9.98. The minimum Gasteiger partial charge on any atom is -0.448 e. The van der Waals surface area contributed by atoms with Gasteiger partial charge in [-0.1, -0.05) is 126 Å². The minimum atomic E-state index is -2.04. The highest BCUT2D eigenvalue weighted by atomic mass is 127. The van der Waals surface area contributed by atoms with Crippen LogP contribution in [0.4, 0.5) is 0 Å². The van der Waals surface area contributed by atoms with E-state index in [0.717, 1.165) is 12.1 Å². The topological polar surface area (TPSA) is 53.7 Å². The third kappa shape index (κ3) is 18.6. The summed E-state index contributed by atoms with van der Waals surface area (Å²) in [6.07, 6.45) is 31.4. The molecule has 318 valence electrons. The number of hydrogen-bond acceptors (Lipinski definition) is 5. The SMILES string of the molecule is CCCC[P+](C/C=C/[C@@H](C[C@@H](OC)[C@@H](C)c1nc(/C=C/C=C\[C@H](O[Si](C)(C)C(C)(C)C)[C@H](C)/C=C(\C)I)co1)O[Si](C)(C)C(C)(C)C)(CCCC)CCCC. The highest BCUT2D eigenvalue weighted by Gasteiger charge is 2.41. The minimum absolute atomic E-state index is 0.00321. The number of aromatic nitrogens is 1. The number of rotatable bonds is 26. The molecule has 0 bridgehead atoms. The quantitative estimate of drug-likeness (QED) is 0.0305. The third-order valence-corrected chi connectivity index (χ3v) is 26.4. The molecule has 1 rings (SSSR count).